The van der Waals surface area contributed by atoms with Gasteiger partial charge in [0.2, 0.25) is 0 Å². The van der Waals surface area contributed by atoms with Gasteiger partial charge in [0.25, 0.3) is 5.91 Å². The fourth-order valence-corrected chi connectivity index (χ4v) is 5.21. The van der Waals surface area contributed by atoms with Crippen molar-refractivity contribution in [1.82, 2.24) is 9.80 Å². The number of nitrogens with zero attached hydrogens (tertiary/aromatic N) is 3. The Kier molecular flexibility index (Phi) is 8.68. The number of hydrogen-bond acceptors (Lipinski definition) is 4. The molecule has 35 heavy (non-hydrogen) atoms. The molecule has 3 aromatic carbocycles. The molecule has 6 heteroatoms. The molecule has 0 spiro atoms. The van der Waals surface area contributed by atoms with Gasteiger partial charge in [-0.25, -0.2) is 0 Å². The van der Waals surface area contributed by atoms with Crippen LogP contribution in [0.2, 0.25) is 0 Å². The zero-order valence-electron chi connectivity index (χ0n) is 20.5. The number of anilines is 2. The lowest BCUT2D eigenvalue weighted by atomic mass is 10.00. The van der Waals surface area contributed by atoms with Crippen molar-refractivity contribution >= 4 is 39.9 Å². The molecule has 0 aliphatic carbocycles. The molecule has 5 nitrogen and oxygen atoms in total. The Morgan fingerprint density at radius 2 is 1.60 bits per heavy atom. The highest BCUT2D eigenvalue weighted by atomic mass is 127. The summed E-state index contributed by atoms with van der Waals surface area (Å²) in [6.07, 6.45) is 2.06. The highest BCUT2D eigenvalue weighted by molar-refractivity contribution is 14.1. The summed E-state index contributed by atoms with van der Waals surface area (Å²) in [7, 11) is 0. The van der Waals surface area contributed by atoms with Crippen LogP contribution in [0.5, 0.6) is 5.75 Å². The summed E-state index contributed by atoms with van der Waals surface area (Å²) in [4.78, 5) is 19.5. The fraction of sp³-hybridized carbons (Fsp3) is 0.345. The Morgan fingerprint density at radius 3 is 2.20 bits per heavy atom. The number of phenols is 1. The first-order chi connectivity index (χ1) is 17.0. The van der Waals surface area contributed by atoms with Gasteiger partial charge in [-0.1, -0.05) is 18.2 Å². The van der Waals surface area contributed by atoms with Gasteiger partial charge >= 0.3 is 0 Å². The predicted octanol–water partition coefficient (Wildman–Crippen LogP) is 6.28. The van der Waals surface area contributed by atoms with Crippen molar-refractivity contribution in [2.24, 2.45) is 0 Å². The Hall–Kier alpha value is -2.58. The molecule has 0 bridgehead atoms. The number of piperidine rings is 1. The lowest BCUT2D eigenvalue weighted by molar-refractivity contribution is 0.0773. The summed E-state index contributed by atoms with van der Waals surface area (Å²) in [5.41, 5.74) is 4.08. The van der Waals surface area contributed by atoms with E-state index in [1.807, 2.05) is 61.2 Å². The zero-order chi connectivity index (χ0) is 24.8. The van der Waals surface area contributed by atoms with E-state index in [0.29, 0.717) is 24.7 Å². The third-order valence-electron chi connectivity index (χ3n) is 6.79. The topological polar surface area (TPSA) is 47.0 Å². The van der Waals surface area contributed by atoms with Crippen molar-refractivity contribution in [3.63, 3.8) is 0 Å². The van der Waals surface area contributed by atoms with Crippen LogP contribution in [0.1, 0.15) is 42.6 Å². The monoisotopic (exact) mass is 583 g/mol. The summed E-state index contributed by atoms with van der Waals surface area (Å²) in [5.74, 6) is 0.325. The number of amides is 1. The standard InChI is InChI=1S/C29H34IN3O2/c1-3-32(4-2)29(35)23-10-14-25(15-11-23)33(27-6-5-7-28(34)20-27)26-16-18-31(19-17-26)21-22-8-12-24(30)13-9-22/h5-15,20,26,34H,3-4,16-19,21H2,1-2H3. The fourth-order valence-electron chi connectivity index (χ4n) is 4.86. The molecule has 1 aliphatic heterocycles. The Bertz CT molecular complexity index is 1110. The Balaban J connectivity index is 1.52. The summed E-state index contributed by atoms with van der Waals surface area (Å²) < 4.78 is 1.26. The third-order valence-corrected chi connectivity index (χ3v) is 7.51. The van der Waals surface area contributed by atoms with E-state index in [0.717, 1.165) is 43.9 Å². The molecule has 184 valence electrons. The normalized spacial score (nSPS) is 14.6. The maximum atomic E-state index is 12.8. The first kappa shape index (κ1) is 25.5. The predicted molar refractivity (Wildman–Crippen MR) is 151 cm³/mol. The maximum absolute atomic E-state index is 12.8. The van der Waals surface area contributed by atoms with E-state index in [1.54, 1.807) is 6.07 Å². The zero-order valence-corrected chi connectivity index (χ0v) is 22.7. The van der Waals surface area contributed by atoms with Crippen LogP contribution in [-0.4, -0.2) is 53.0 Å². The first-order valence-electron chi connectivity index (χ1n) is 12.4. The molecule has 0 aromatic heterocycles. The molecule has 1 heterocycles. The molecule has 1 saturated heterocycles. The molecule has 1 aliphatic rings. The van der Waals surface area contributed by atoms with Crippen molar-refractivity contribution in [2.75, 3.05) is 31.1 Å². The average Bonchev–Trinajstić information content (AvgIpc) is 2.88. The lowest BCUT2D eigenvalue weighted by Crippen LogP contribution is -2.42. The second-order valence-corrected chi connectivity index (χ2v) is 10.3. The van der Waals surface area contributed by atoms with Gasteiger partial charge in [-0.2, -0.15) is 0 Å². The second-order valence-electron chi connectivity index (χ2n) is 9.05. The highest BCUT2D eigenvalue weighted by Gasteiger charge is 2.27. The van der Waals surface area contributed by atoms with Crippen LogP contribution in [0, 0.1) is 3.57 Å². The Labute approximate surface area is 222 Å². The molecule has 0 unspecified atom stereocenters. The minimum Gasteiger partial charge on any atom is -0.508 e. The molecule has 3 aromatic rings. The minimum atomic E-state index is 0.0642. The number of carbonyl (C=O) groups excluding carboxylic acids is 1. The molecule has 1 N–H and O–H groups in total. The quantitative estimate of drug-likeness (QED) is 0.317. The van der Waals surface area contributed by atoms with Crippen LogP contribution >= 0.6 is 22.6 Å². The summed E-state index contributed by atoms with van der Waals surface area (Å²) >= 11 is 2.34. The molecule has 0 radical (unpaired) electrons. The van der Waals surface area contributed by atoms with Gasteiger partial charge in [0, 0.05) is 65.3 Å². The smallest absolute Gasteiger partial charge is 0.253 e. The van der Waals surface area contributed by atoms with E-state index in [9.17, 15) is 9.90 Å². The number of aromatic hydroxyl groups is 1. The van der Waals surface area contributed by atoms with Crippen LogP contribution in [0.4, 0.5) is 11.4 Å². The van der Waals surface area contributed by atoms with E-state index in [2.05, 4.69) is 56.7 Å². The van der Waals surface area contributed by atoms with Crippen molar-refractivity contribution in [3.8, 4) is 5.75 Å². The van der Waals surface area contributed by atoms with E-state index < -0.39 is 0 Å². The molecular weight excluding hydrogens is 549 g/mol. The highest BCUT2D eigenvalue weighted by Crippen LogP contribution is 2.34. The van der Waals surface area contributed by atoms with Gasteiger partial charge < -0.3 is 14.9 Å². The van der Waals surface area contributed by atoms with Crippen molar-refractivity contribution < 1.29 is 9.90 Å². The number of carbonyl (C=O) groups is 1. The van der Waals surface area contributed by atoms with Gasteiger partial charge in [0.05, 0.1) is 0 Å². The van der Waals surface area contributed by atoms with Crippen LogP contribution in [0.15, 0.2) is 72.8 Å². The number of likely N-dealkylation sites (tertiary alicyclic amines) is 1. The summed E-state index contributed by atoms with van der Waals surface area (Å²) in [6.45, 7) is 8.42. The molecule has 1 fully saturated rings. The second kappa shape index (κ2) is 11.9. The van der Waals surface area contributed by atoms with Crippen LogP contribution in [0.3, 0.4) is 0 Å². The number of benzene rings is 3. The average molecular weight is 584 g/mol. The first-order valence-corrected chi connectivity index (χ1v) is 13.5. The van der Waals surface area contributed by atoms with Gasteiger partial charge in [0.15, 0.2) is 0 Å². The van der Waals surface area contributed by atoms with Crippen LogP contribution in [-0.2, 0) is 6.54 Å². The maximum Gasteiger partial charge on any atom is 0.253 e. The van der Waals surface area contributed by atoms with E-state index in [-0.39, 0.29) is 11.7 Å². The van der Waals surface area contributed by atoms with E-state index >= 15 is 0 Å². The van der Waals surface area contributed by atoms with Gasteiger partial charge in [-0.15, -0.1) is 0 Å². The number of halogens is 1. The molecule has 4 rings (SSSR count). The van der Waals surface area contributed by atoms with Crippen molar-refractivity contribution in [1.29, 1.82) is 0 Å². The lowest BCUT2D eigenvalue weighted by Gasteiger charge is -2.40. The van der Waals surface area contributed by atoms with Crippen molar-refractivity contribution in [3.05, 3.63) is 87.5 Å². The van der Waals surface area contributed by atoms with Gasteiger partial charge in [-0.05, 0) is 103 Å². The number of hydrogen-bond donors (Lipinski definition) is 1. The van der Waals surface area contributed by atoms with Crippen LogP contribution < -0.4 is 4.90 Å². The van der Waals surface area contributed by atoms with E-state index in [4.69, 9.17) is 0 Å². The SMILES string of the molecule is CCN(CC)C(=O)c1ccc(N(c2cccc(O)c2)C2CCN(Cc3ccc(I)cc3)CC2)cc1. The third kappa shape index (κ3) is 6.35. The van der Waals surface area contributed by atoms with Gasteiger partial charge in [0.1, 0.15) is 5.75 Å². The molecule has 0 atom stereocenters. The van der Waals surface area contributed by atoms with Gasteiger partial charge in [-0.3, -0.25) is 9.69 Å². The molecular formula is C29H34IN3O2. The Morgan fingerprint density at radius 1 is 0.943 bits per heavy atom. The van der Waals surface area contributed by atoms with E-state index in [1.165, 1.54) is 9.13 Å². The van der Waals surface area contributed by atoms with Crippen LogP contribution in [0.25, 0.3) is 0 Å². The number of rotatable bonds is 8. The molecule has 1 amide bonds. The molecule has 0 saturated carbocycles. The van der Waals surface area contributed by atoms with Crippen molar-refractivity contribution in [2.45, 2.75) is 39.3 Å². The largest absolute Gasteiger partial charge is 0.508 e. The summed E-state index contributed by atoms with van der Waals surface area (Å²) in [6, 6.07) is 24.5. The number of phenolic OH excluding ortho intramolecular Hbond substituents is 1. The minimum absolute atomic E-state index is 0.0642. The summed E-state index contributed by atoms with van der Waals surface area (Å²) in [5, 5.41) is 10.2.